The van der Waals surface area contributed by atoms with E-state index < -0.39 is 0 Å². The van der Waals surface area contributed by atoms with Crippen molar-refractivity contribution in [3.05, 3.63) is 0 Å². The molecule has 2 atom stereocenters. The third-order valence-corrected chi connectivity index (χ3v) is 1.57. The maximum absolute atomic E-state index is 5.31. The van der Waals surface area contributed by atoms with Crippen molar-refractivity contribution < 1.29 is 9.47 Å². The first-order valence-corrected chi connectivity index (χ1v) is 3.80. The number of epoxide rings is 1. The Morgan fingerprint density at radius 2 is 2.40 bits per heavy atom. The molecule has 1 aliphatic heterocycles. The van der Waals surface area contributed by atoms with E-state index in [0.29, 0.717) is 6.10 Å². The summed E-state index contributed by atoms with van der Waals surface area (Å²) in [5, 5.41) is 3.00. The molecule has 1 heterocycles. The van der Waals surface area contributed by atoms with Gasteiger partial charge in [-0.25, -0.2) is 0 Å². The standard InChI is InChI=1S/C7H15NO2/c1-3-6-7(10-6)9-5-4-8-2/h6-8H,3-5H2,1-2H3. The summed E-state index contributed by atoms with van der Waals surface area (Å²) in [7, 11) is 1.91. The first kappa shape index (κ1) is 7.98. The predicted molar refractivity (Wildman–Crippen MR) is 38.8 cm³/mol. The Bertz CT molecular complexity index is 97.6. The molecule has 0 aromatic heterocycles. The lowest BCUT2D eigenvalue weighted by atomic mass is 10.4. The molecule has 1 fully saturated rings. The molecule has 10 heavy (non-hydrogen) atoms. The molecule has 0 amide bonds. The summed E-state index contributed by atoms with van der Waals surface area (Å²) in [6, 6.07) is 0. The molecule has 0 aromatic carbocycles. The van der Waals surface area contributed by atoms with Crippen molar-refractivity contribution in [1.29, 1.82) is 0 Å². The third kappa shape index (κ3) is 2.25. The molecule has 1 aliphatic rings. The van der Waals surface area contributed by atoms with Gasteiger partial charge in [-0.2, -0.15) is 0 Å². The fourth-order valence-electron chi connectivity index (χ4n) is 0.839. The maximum Gasteiger partial charge on any atom is 0.184 e. The number of hydrogen-bond acceptors (Lipinski definition) is 3. The van der Waals surface area contributed by atoms with Gasteiger partial charge in [0.25, 0.3) is 0 Å². The second kappa shape index (κ2) is 3.91. The summed E-state index contributed by atoms with van der Waals surface area (Å²) in [6.07, 6.45) is 1.53. The van der Waals surface area contributed by atoms with Crippen molar-refractivity contribution >= 4 is 0 Å². The predicted octanol–water partition coefficient (Wildman–Crippen LogP) is 0.357. The van der Waals surface area contributed by atoms with E-state index in [-0.39, 0.29) is 6.29 Å². The van der Waals surface area contributed by atoms with Gasteiger partial charge in [0.1, 0.15) is 6.10 Å². The highest BCUT2D eigenvalue weighted by Gasteiger charge is 2.37. The highest BCUT2D eigenvalue weighted by atomic mass is 16.8. The van der Waals surface area contributed by atoms with Crippen LogP contribution in [0.4, 0.5) is 0 Å². The fraction of sp³-hybridized carbons (Fsp3) is 1.00. The molecule has 3 nitrogen and oxygen atoms in total. The van der Waals surface area contributed by atoms with Gasteiger partial charge in [-0.1, -0.05) is 6.92 Å². The van der Waals surface area contributed by atoms with E-state index in [9.17, 15) is 0 Å². The molecular weight excluding hydrogens is 130 g/mol. The Morgan fingerprint density at radius 1 is 1.60 bits per heavy atom. The maximum atomic E-state index is 5.31. The van der Waals surface area contributed by atoms with E-state index in [4.69, 9.17) is 9.47 Å². The Morgan fingerprint density at radius 3 is 2.90 bits per heavy atom. The van der Waals surface area contributed by atoms with Crippen LogP contribution in [0.25, 0.3) is 0 Å². The molecule has 1 rings (SSSR count). The van der Waals surface area contributed by atoms with Crippen LogP contribution in [-0.4, -0.2) is 32.6 Å². The van der Waals surface area contributed by atoms with Crippen LogP contribution in [0.15, 0.2) is 0 Å². The molecule has 0 radical (unpaired) electrons. The van der Waals surface area contributed by atoms with Crippen LogP contribution in [-0.2, 0) is 9.47 Å². The summed E-state index contributed by atoms with van der Waals surface area (Å²) in [5.74, 6) is 0. The third-order valence-electron chi connectivity index (χ3n) is 1.57. The quantitative estimate of drug-likeness (QED) is 0.448. The summed E-state index contributed by atoms with van der Waals surface area (Å²) in [6.45, 7) is 3.75. The molecule has 0 saturated carbocycles. The minimum atomic E-state index is 0.0957. The van der Waals surface area contributed by atoms with Gasteiger partial charge in [0.05, 0.1) is 6.61 Å². The molecule has 0 bridgehead atoms. The molecule has 60 valence electrons. The summed E-state index contributed by atoms with van der Waals surface area (Å²) < 4.78 is 10.5. The van der Waals surface area contributed by atoms with Crippen LogP contribution in [0.3, 0.4) is 0 Å². The van der Waals surface area contributed by atoms with Gasteiger partial charge in [0.2, 0.25) is 0 Å². The Labute approximate surface area is 61.7 Å². The van der Waals surface area contributed by atoms with Crippen LogP contribution in [0.5, 0.6) is 0 Å². The van der Waals surface area contributed by atoms with Gasteiger partial charge in [-0.15, -0.1) is 0 Å². The average molecular weight is 145 g/mol. The lowest BCUT2D eigenvalue weighted by molar-refractivity contribution is 0.0528. The van der Waals surface area contributed by atoms with Gasteiger partial charge < -0.3 is 14.8 Å². The fourth-order valence-corrected chi connectivity index (χ4v) is 0.839. The molecule has 0 aromatic rings. The second-order valence-electron chi connectivity index (χ2n) is 2.43. The Kier molecular flexibility index (Phi) is 3.12. The highest BCUT2D eigenvalue weighted by molar-refractivity contribution is 4.74. The van der Waals surface area contributed by atoms with Crippen LogP contribution in [0.2, 0.25) is 0 Å². The van der Waals surface area contributed by atoms with E-state index >= 15 is 0 Å². The second-order valence-corrected chi connectivity index (χ2v) is 2.43. The monoisotopic (exact) mass is 145 g/mol. The van der Waals surface area contributed by atoms with E-state index in [1.165, 1.54) is 0 Å². The molecule has 0 aliphatic carbocycles. The van der Waals surface area contributed by atoms with Crippen molar-refractivity contribution in [2.75, 3.05) is 20.2 Å². The summed E-state index contributed by atoms with van der Waals surface area (Å²) in [4.78, 5) is 0. The average Bonchev–Trinajstić information content (AvgIpc) is 2.68. The Hall–Kier alpha value is -0.120. The van der Waals surface area contributed by atoms with Crippen LogP contribution < -0.4 is 5.32 Å². The zero-order valence-electron chi connectivity index (χ0n) is 6.59. The molecular formula is C7H15NO2. The normalized spacial score (nSPS) is 30.6. The lowest BCUT2D eigenvalue weighted by Crippen LogP contribution is -2.15. The SMILES string of the molecule is CCC1OC1OCCNC. The smallest absolute Gasteiger partial charge is 0.184 e. The van der Waals surface area contributed by atoms with E-state index in [2.05, 4.69) is 12.2 Å². The minimum Gasteiger partial charge on any atom is -0.349 e. The van der Waals surface area contributed by atoms with Gasteiger partial charge in [-0.3, -0.25) is 0 Å². The first-order chi connectivity index (χ1) is 4.88. The van der Waals surface area contributed by atoms with Gasteiger partial charge >= 0.3 is 0 Å². The van der Waals surface area contributed by atoms with E-state index in [1.54, 1.807) is 0 Å². The largest absolute Gasteiger partial charge is 0.349 e. The topological polar surface area (TPSA) is 33.8 Å². The van der Waals surface area contributed by atoms with E-state index in [0.717, 1.165) is 19.6 Å². The number of rotatable bonds is 5. The zero-order valence-corrected chi connectivity index (χ0v) is 6.59. The van der Waals surface area contributed by atoms with Crippen molar-refractivity contribution in [2.24, 2.45) is 0 Å². The molecule has 1 saturated heterocycles. The summed E-state index contributed by atoms with van der Waals surface area (Å²) in [5.41, 5.74) is 0. The van der Waals surface area contributed by atoms with Crippen molar-refractivity contribution in [3.8, 4) is 0 Å². The molecule has 3 heteroatoms. The van der Waals surface area contributed by atoms with Gasteiger partial charge in [0.15, 0.2) is 6.29 Å². The van der Waals surface area contributed by atoms with Crippen molar-refractivity contribution in [1.82, 2.24) is 5.32 Å². The van der Waals surface area contributed by atoms with Crippen LogP contribution >= 0.6 is 0 Å². The van der Waals surface area contributed by atoms with Gasteiger partial charge in [0, 0.05) is 6.54 Å². The zero-order chi connectivity index (χ0) is 7.40. The Balaban J connectivity index is 1.87. The number of nitrogens with one attached hydrogen (secondary N) is 1. The lowest BCUT2D eigenvalue weighted by Gasteiger charge is -1.97. The number of hydrogen-bond donors (Lipinski definition) is 1. The number of ether oxygens (including phenoxy) is 2. The van der Waals surface area contributed by atoms with Crippen LogP contribution in [0, 0.1) is 0 Å². The highest BCUT2D eigenvalue weighted by Crippen LogP contribution is 2.25. The number of likely N-dealkylation sites (N-methyl/N-ethyl adjacent to an activating group) is 1. The van der Waals surface area contributed by atoms with Gasteiger partial charge in [-0.05, 0) is 13.5 Å². The van der Waals surface area contributed by atoms with E-state index in [1.807, 2.05) is 7.05 Å². The van der Waals surface area contributed by atoms with Crippen molar-refractivity contribution in [2.45, 2.75) is 25.7 Å². The molecule has 2 unspecified atom stereocenters. The molecule has 1 N–H and O–H groups in total. The minimum absolute atomic E-state index is 0.0957. The van der Waals surface area contributed by atoms with Crippen molar-refractivity contribution in [3.63, 3.8) is 0 Å². The first-order valence-electron chi connectivity index (χ1n) is 3.80. The van der Waals surface area contributed by atoms with Crippen LogP contribution in [0.1, 0.15) is 13.3 Å². The summed E-state index contributed by atoms with van der Waals surface area (Å²) >= 11 is 0. The molecule has 0 spiro atoms.